The highest BCUT2D eigenvalue weighted by Gasteiger charge is 2.03. The minimum atomic E-state index is -0.425. The molecule has 0 aromatic heterocycles. The third kappa shape index (κ3) is 2.36. The fourth-order valence-electron chi connectivity index (χ4n) is 1.19. The number of halogens is 1. The summed E-state index contributed by atoms with van der Waals surface area (Å²) < 4.78 is 1.05. The van der Waals surface area contributed by atoms with Gasteiger partial charge in [0.15, 0.2) is 0 Å². The number of aryl methyl sites for hydroxylation is 2. The van der Waals surface area contributed by atoms with Crippen LogP contribution in [0.3, 0.4) is 0 Å². The van der Waals surface area contributed by atoms with Gasteiger partial charge in [0.25, 0.3) is 5.91 Å². The van der Waals surface area contributed by atoms with Gasteiger partial charge in [-0.2, -0.15) is 0 Å². The lowest BCUT2D eigenvalue weighted by Gasteiger charge is -2.07. The maximum atomic E-state index is 10.9. The van der Waals surface area contributed by atoms with Crippen LogP contribution in [0.4, 0.5) is 5.69 Å². The normalized spacial score (nSPS) is 9.29. The summed E-state index contributed by atoms with van der Waals surface area (Å²) in [6.07, 6.45) is 4.95. The van der Waals surface area contributed by atoms with Crippen molar-refractivity contribution in [2.24, 2.45) is 0 Å². The van der Waals surface area contributed by atoms with Crippen molar-refractivity contribution >= 4 is 27.5 Å². The average Bonchev–Trinajstić information content (AvgIpc) is 2.14. The van der Waals surface area contributed by atoms with Crippen molar-refractivity contribution in [3.63, 3.8) is 0 Å². The predicted molar refractivity (Wildman–Crippen MR) is 61.1 cm³/mol. The number of carbonyl (C=O) groups is 1. The van der Waals surface area contributed by atoms with Crippen LogP contribution in [0, 0.1) is 26.2 Å². The molecule has 0 saturated carbocycles. The standard InChI is InChI=1S/C11H10BrNO/c1-4-10(14)13-9-5-7(2)11(12)8(3)6-9/h1,5-6H,2-3H3,(H,13,14). The van der Waals surface area contributed by atoms with E-state index in [1.165, 1.54) is 0 Å². The molecule has 0 aliphatic rings. The lowest BCUT2D eigenvalue weighted by Crippen LogP contribution is -2.08. The van der Waals surface area contributed by atoms with E-state index in [0.717, 1.165) is 21.3 Å². The van der Waals surface area contributed by atoms with Gasteiger partial charge >= 0.3 is 0 Å². The van der Waals surface area contributed by atoms with E-state index in [1.807, 2.05) is 31.9 Å². The van der Waals surface area contributed by atoms with Crippen molar-refractivity contribution in [3.8, 4) is 12.3 Å². The summed E-state index contributed by atoms with van der Waals surface area (Å²) in [5.41, 5.74) is 2.86. The molecule has 0 radical (unpaired) electrons. The molecule has 1 rings (SSSR count). The molecule has 0 fully saturated rings. The van der Waals surface area contributed by atoms with E-state index < -0.39 is 5.91 Å². The Bertz CT molecular complexity index is 395. The Balaban J connectivity index is 3.02. The summed E-state index contributed by atoms with van der Waals surface area (Å²) in [4.78, 5) is 10.9. The van der Waals surface area contributed by atoms with Crippen LogP contribution in [0.25, 0.3) is 0 Å². The van der Waals surface area contributed by atoms with Gasteiger partial charge in [0, 0.05) is 10.2 Å². The van der Waals surface area contributed by atoms with E-state index in [4.69, 9.17) is 6.42 Å². The fourth-order valence-corrected chi connectivity index (χ4v) is 1.41. The molecule has 0 atom stereocenters. The predicted octanol–water partition coefficient (Wildman–Crippen LogP) is 2.64. The van der Waals surface area contributed by atoms with Crippen LogP contribution in [0.2, 0.25) is 0 Å². The van der Waals surface area contributed by atoms with Crippen LogP contribution in [0.5, 0.6) is 0 Å². The van der Waals surface area contributed by atoms with E-state index >= 15 is 0 Å². The van der Waals surface area contributed by atoms with Gasteiger partial charge in [-0.15, -0.1) is 6.42 Å². The molecule has 0 aliphatic heterocycles. The van der Waals surface area contributed by atoms with Gasteiger partial charge in [-0.3, -0.25) is 4.79 Å². The number of rotatable bonds is 1. The molecule has 72 valence electrons. The lowest BCUT2D eigenvalue weighted by atomic mass is 10.1. The molecule has 0 saturated heterocycles. The van der Waals surface area contributed by atoms with Crippen molar-refractivity contribution in [2.45, 2.75) is 13.8 Å². The number of anilines is 1. The Hall–Kier alpha value is -1.27. The number of benzene rings is 1. The third-order valence-corrected chi connectivity index (χ3v) is 3.08. The number of hydrogen-bond acceptors (Lipinski definition) is 1. The van der Waals surface area contributed by atoms with Crippen molar-refractivity contribution in [1.29, 1.82) is 0 Å². The maximum Gasteiger partial charge on any atom is 0.300 e. The molecule has 1 N–H and O–H groups in total. The number of amides is 1. The molecule has 3 heteroatoms. The van der Waals surface area contributed by atoms with Gasteiger partial charge in [0.05, 0.1) is 0 Å². The zero-order chi connectivity index (χ0) is 10.7. The molecule has 14 heavy (non-hydrogen) atoms. The van der Waals surface area contributed by atoms with E-state index in [9.17, 15) is 4.79 Å². The number of nitrogens with one attached hydrogen (secondary N) is 1. The summed E-state index contributed by atoms with van der Waals surface area (Å²) in [5.74, 6) is 1.58. The lowest BCUT2D eigenvalue weighted by molar-refractivity contribution is -0.111. The first-order valence-electron chi connectivity index (χ1n) is 4.09. The van der Waals surface area contributed by atoms with Crippen molar-refractivity contribution in [3.05, 3.63) is 27.7 Å². The van der Waals surface area contributed by atoms with Gasteiger partial charge < -0.3 is 5.32 Å². The minimum Gasteiger partial charge on any atom is -0.315 e. The molecule has 0 heterocycles. The highest BCUT2D eigenvalue weighted by molar-refractivity contribution is 9.10. The SMILES string of the molecule is C#CC(=O)Nc1cc(C)c(Br)c(C)c1. The largest absolute Gasteiger partial charge is 0.315 e. The molecule has 1 aromatic rings. The van der Waals surface area contributed by atoms with Gasteiger partial charge in [-0.05, 0) is 43.0 Å². The first-order chi connectivity index (χ1) is 6.54. The molecule has 0 spiro atoms. The quantitative estimate of drug-likeness (QED) is 0.765. The monoisotopic (exact) mass is 251 g/mol. The van der Waals surface area contributed by atoms with Gasteiger partial charge in [-0.1, -0.05) is 15.9 Å². The summed E-state index contributed by atoms with van der Waals surface area (Å²) in [7, 11) is 0. The van der Waals surface area contributed by atoms with E-state index in [2.05, 4.69) is 21.2 Å². The number of carbonyl (C=O) groups excluding carboxylic acids is 1. The fraction of sp³-hybridized carbons (Fsp3) is 0.182. The molecule has 0 unspecified atom stereocenters. The zero-order valence-electron chi connectivity index (χ0n) is 8.02. The van der Waals surface area contributed by atoms with Gasteiger partial charge in [0.1, 0.15) is 0 Å². The topological polar surface area (TPSA) is 29.1 Å². The second-order valence-electron chi connectivity index (χ2n) is 3.02. The van der Waals surface area contributed by atoms with Gasteiger partial charge in [-0.25, -0.2) is 0 Å². The molecule has 0 bridgehead atoms. The second kappa shape index (κ2) is 4.30. The van der Waals surface area contributed by atoms with Crippen molar-refractivity contribution < 1.29 is 4.79 Å². The zero-order valence-corrected chi connectivity index (χ0v) is 9.60. The molecule has 1 aromatic carbocycles. The second-order valence-corrected chi connectivity index (χ2v) is 3.82. The summed E-state index contributed by atoms with van der Waals surface area (Å²) in [6.45, 7) is 3.92. The van der Waals surface area contributed by atoms with Crippen LogP contribution in [-0.4, -0.2) is 5.91 Å². The first kappa shape index (κ1) is 10.8. The Kier molecular flexibility index (Phi) is 3.32. The smallest absolute Gasteiger partial charge is 0.300 e. The summed E-state index contributed by atoms with van der Waals surface area (Å²) in [5, 5.41) is 2.60. The van der Waals surface area contributed by atoms with Crippen molar-refractivity contribution in [2.75, 3.05) is 5.32 Å². The summed E-state index contributed by atoms with van der Waals surface area (Å²) in [6, 6.07) is 3.73. The van der Waals surface area contributed by atoms with E-state index in [0.29, 0.717) is 0 Å². The molecule has 1 amide bonds. The highest BCUT2D eigenvalue weighted by atomic mass is 79.9. The van der Waals surface area contributed by atoms with E-state index in [-0.39, 0.29) is 0 Å². The average molecular weight is 252 g/mol. The van der Waals surface area contributed by atoms with Crippen LogP contribution in [0.15, 0.2) is 16.6 Å². The minimum absolute atomic E-state index is 0.425. The third-order valence-electron chi connectivity index (χ3n) is 1.83. The Labute approximate surface area is 91.8 Å². The summed E-state index contributed by atoms with van der Waals surface area (Å²) >= 11 is 3.44. The number of terminal acetylenes is 1. The van der Waals surface area contributed by atoms with Crippen molar-refractivity contribution in [1.82, 2.24) is 0 Å². The first-order valence-corrected chi connectivity index (χ1v) is 4.88. The molecular formula is C11H10BrNO. The highest BCUT2D eigenvalue weighted by Crippen LogP contribution is 2.24. The Morgan fingerprint density at radius 3 is 2.36 bits per heavy atom. The maximum absolute atomic E-state index is 10.9. The molecular weight excluding hydrogens is 242 g/mol. The number of hydrogen-bond donors (Lipinski definition) is 1. The molecule has 0 aliphatic carbocycles. The van der Waals surface area contributed by atoms with Crippen LogP contribution < -0.4 is 5.32 Å². The van der Waals surface area contributed by atoms with Crippen LogP contribution in [-0.2, 0) is 4.79 Å². The Morgan fingerprint density at radius 1 is 1.43 bits per heavy atom. The van der Waals surface area contributed by atoms with Gasteiger partial charge in [0.2, 0.25) is 0 Å². The van der Waals surface area contributed by atoms with Crippen LogP contribution >= 0.6 is 15.9 Å². The van der Waals surface area contributed by atoms with Crippen LogP contribution in [0.1, 0.15) is 11.1 Å². The molecule has 2 nitrogen and oxygen atoms in total. The Morgan fingerprint density at radius 2 is 1.93 bits per heavy atom. The van der Waals surface area contributed by atoms with E-state index in [1.54, 1.807) is 0 Å².